The Morgan fingerprint density at radius 3 is 1.89 bits per heavy atom. The Morgan fingerprint density at radius 2 is 1.30 bits per heavy atom. The molecule has 0 saturated heterocycles. The summed E-state index contributed by atoms with van der Waals surface area (Å²) in [6, 6.07) is 11.3. The summed E-state index contributed by atoms with van der Waals surface area (Å²) >= 11 is 3.36. The van der Waals surface area contributed by atoms with E-state index in [2.05, 4.69) is 68.2 Å². The first-order valence-corrected chi connectivity index (χ1v) is 22.0. The Hall–Kier alpha value is -6.76. The Labute approximate surface area is 392 Å². The van der Waals surface area contributed by atoms with Crippen LogP contribution in [-0.4, -0.2) is 86.4 Å². The molecule has 6 aromatic rings. The summed E-state index contributed by atoms with van der Waals surface area (Å²) in [6.07, 6.45) is 7.89. The number of fused-ring (bicyclic) bond motifs is 5. The van der Waals surface area contributed by atoms with Crippen LogP contribution in [0.2, 0.25) is 0 Å². The molecule has 348 valence electrons. The van der Waals surface area contributed by atoms with Crippen LogP contribution < -0.4 is 26.7 Å². The van der Waals surface area contributed by atoms with Gasteiger partial charge in [0.05, 0.1) is 24.5 Å². The molecule has 9 heterocycles. The molecule has 0 bridgehead atoms. The summed E-state index contributed by atoms with van der Waals surface area (Å²) in [5.41, 5.74) is 8.56. The molecule has 0 atom stereocenters. The lowest BCUT2D eigenvalue weighted by Crippen LogP contribution is -2.41. The maximum Gasteiger partial charge on any atom is 0.276 e. The monoisotopic (exact) mass is 963 g/mol. The van der Waals surface area contributed by atoms with E-state index < -0.39 is 0 Å². The second kappa shape index (κ2) is 17.9. The quantitative estimate of drug-likeness (QED) is 0.197. The third kappa shape index (κ3) is 8.70. The number of aromatic nitrogens is 8. The molecular formula is C47H58BrN13O5. The van der Waals surface area contributed by atoms with Crippen LogP contribution >= 0.6 is 15.9 Å². The molecule has 4 aliphatic rings. The van der Waals surface area contributed by atoms with Crippen LogP contribution in [0.4, 0.5) is 28.8 Å². The molecule has 3 aliphatic heterocycles. The van der Waals surface area contributed by atoms with Crippen LogP contribution in [0, 0.1) is 5.41 Å². The maximum absolute atomic E-state index is 13.9. The van der Waals surface area contributed by atoms with Gasteiger partial charge < -0.3 is 34.1 Å². The molecule has 19 heteroatoms. The van der Waals surface area contributed by atoms with Crippen molar-refractivity contribution in [2.75, 3.05) is 36.2 Å². The first-order valence-electron chi connectivity index (χ1n) is 21.2. The van der Waals surface area contributed by atoms with Gasteiger partial charge in [0, 0.05) is 93.3 Å². The standard InChI is InChI=1S/C32H36N8O3.C13H14BrN5O2.2CH4/c1-6-22-23(7-8-33-29(22)39-10-9-38-25(31(39)43)12-19-14-32(2,3)15-26(19)38)20-11-24(30(42)37(5)16-20)34-27-13-21-17-36(4)28(41)18-40(21)35-27;1-17-6-9-4-11(16-19(9)7-12(17)20)15-10-3-8(14)5-18(2)13(10)21;;/h7-8,11-13,16H,6,9-10,14-15,17-18H2,1-5H3,(H,34,35);3-5H,6-7H2,1-2H3,(H,15,16);2*1H4. The van der Waals surface area contributed by atoms with Crippen LogP contribution in [0.1, 0.15) is 74.3 Å². The van der Waals surface area contributed by atoms with E-state index in [0.29, 0.717) is 54.9 Å². The molecule has 10 rings (SSSR count). The van der Waals surface area contributed by atoms with Gasteiger partial charge in [0.25, 0.3) is 17.0 Å². The molecule has 2 N–H and O–H groups in total. The van der Waals surface area contributed by atoms with E-state index >= 15 is 0 Å². The summed E-state index contributed by atoms with van der Waals surface area (Å²) in [4.78, 5) is 72.7. The average molecular weight is 965 g/mol. The Bertz CT molecular complexity index is 3030. The fourth-order valence-corrected chi connectivity index (χ4v) is 9.69. The highest BCUT2D eigenvalue weighted by atomic mass is 79.9. The number of carbonyl (C=O) groups is 3. The number of likely N-dealkylation sites (N-methyl/N-ethyl adjacent to an activating group) is 2. The van der Waals surface area contributed by atoms with Crippen molar-refractivity contribution < 1.29 is 14.4 Å². The minimum atomic E-state index is -0.196. The summed E-state index contributed by atoms with van der Waals surface area (Å²) in [6.45, 7) is 9.30. The number of rotatable bonds is 7. The van der Waals surface area contributed by atoms with E-state index in [-0.39, 0.29) is 62.2 Å². The third-order valence-electron chi connectivity index (χ3n) is 12.4. The van der Waals surface area contributed by atoms with Gasteiger partial charge in [-0.2, -0.15) is 10.2 Å². The lowest BCUT2D eigenvalue weighted by molar-refractivity contribution is -0.133. The van der Waals surface area contributed by atoms with Crippen LogP contribution in [0.3, 0.4) is 0 Å². The maximum atomic E-state index is 13.9. The summed E-state index contributed by atoms with van der Waals surface area (Å²) in [5.74, 6) is 1.73. The number of halogens is 1. The fraction of sp³-hybridized carbons (Fsp3) is 0.404. The number of carbonyl (C=O) groups excluding carboxylic acids is 3. The second-order valence-electron chi connectivity index (χ2n) is 17.8. The molecular weight excluding hydrogens is 907 g/mol. The molecule has 0 unspecified atom stereocenters. The van der Waals surface area contributed by atoms with Gasteiger partial charge in [0.1, 0.15) is 36.0 Å². The molecule has 0 fully saturated rings. The van der Waals surface area contributed by atoms with Crippen molar-refractivity contribution in [3.8, 4) is 11.1 Å². The van der Waals surface area contributed by atoms with Crippen LogP contribution in [0.5, 0.6) is 0 Å². The predicted octanol–water partition coefficient (Wildman–Crippen LogP) is 5.84. The first-order chi connectivity index (χ1) is 30.5. The van der Waals surface area contributed by atoms with Gasteiger partial charge in [-0.15, -0.1) is 0 Å². The largest absolute Gasteiger partial charge is 0.339 e. The normalized spacial score (nSPS) is 15.8. The van der Waals surface area contributed by atoms with E-state index in [4.69, 9.17) is 4.98 Å². The van der Waals surface area contributed by atoms with Gasteiger partial charge in [-0.1, -0.05) is 35.6 Å². The molecule has 18 nitrogen and oxygen atoms in total. The van der Waals surface area contributed by atoms with E-state index in [0.717, 1.165) is 57.6 Å². The molecule has 6 aromatic heterocycles. The number of hydrogen-bond donors (Lipinski definition) is 2. The lowest BCUT2D eigenvalue weighted by atomic mass is 9.90. The average Bonchev–Trinajstić information content (AvgIpc) is 3.99. The van der Waals surface area contributed by atoms with Gasteiger partial charge in [-0.25, -0.2) is 4.98 Å². The zero-order valence-electron chi connectivity index (χ0n) is 36.9. The zero-order valence-corrected chi connectivity index (χ0v) is 38.5. The highest BCUT2D eigenvalue weighted by Gasteiger charge is 2.37. The van der Waals surface area contributed by atoms with Gasteiger partial charge in [0.2, 0.25) is 11.8 Å². The smallest absolute Gasteiger partial charge is 0.276 e. The van der Waals surface area contributed by atoms with E-state index in [1.54, 1.807) is 70.4 Å². The third-order valence-corrected chi connectivity index (χ3v) is 12.8. The molecule has 0 radical (unpaired) electrons. The van der Waals surface area contributed by atoms with Crippen molar-refractivity contribution in [2.24, 2.45) is 19.5 Å². The fourth-order valence-electron chi connectivity index (χ4n) is 9.15. The summed E-state index contributed by atoms with van der Waals surface area (Å²) in [5, 5.41) is 15.1. The summed E-state index contributed by atoms with van der Waals surface area (Å²) < 4.78 is 9.38. The van der Waals surface area contributed by atoms with Crippen molar-refractivity contribution in [3.05, 3.63) is 114 Å². The van der Waals surface area contributed by atoms with Crippen molar-refractivity contribution in [3.63, 3.8) is 0 Å². The Morgan fingerprint density at radius 1 is 0.727 bits per heavy atom. The molecule has 0 saturated carbocycles. The first kappa shape index (κ1) is 47.2. The van der Waals surface area contributed by atoms with Crippen LogP contribution in [0.15, 0.2) is 69.1 Å². The van der Waals surface area contributed by atoms with Gasteiger partial charge in [0.15, 0.2) is 11.6 Å². The number of amides is 3. The summed E-state index contributed by atoms with van der Waals surface area (Å²) in [7, 11) is 6.93. The highest BCUT2D eigenvalue weighted by Crippen LogP contribution is 2.40. The second-order valence-corrected chi connectivity index (χ2v) is 18.7. The minimum absolute atomic E-state index is 0. The highest BCUT2D eigenvalue weighted by molar-refractivity contribution is 9.10. The van der Waals surface area contributed by atoms with Gasteiger partial charge in [-0.3, -0.25) is 38.2 Å². The van der Waals surface area contributed by atoms with Crippen molar-refractivity contribution in [2.45, 2.75) is 87.6 Å². The van der Waals surface area contributed by atoms with E-state index in [1.807, 2.05) is 35.4 Å². The number of nitrogens with zero attached hydrogens (tertiary/aromatic N) is 11. The Kier molecular flexibility index (Phi) is 12.8. The number of anilines is 5. The number of aryl methyl sites for hydroxylation is 2. The minimum Gasteiger partial charge on any atom is -0.339 e. The van der Waals surface area contributed by atoms with Crippen molar-refractivity contribution >= 4 is 62.5 Å². The van der Waals surface area contributed by atoms with Crippen molar-refractivity contribution in [1.29, 1.82) is 0 Å². The van der Waals surface area contributed by atoms with Gasteiger partial charge >= 0.3 is 0 Å². The Balaban J connectivity index is 0.000000238. The predicted molar refractivity (Wildman–Crippen MR) is 258 cm³/mol. The number of nitrogens with one attached hydrogen (secondary N) is 2. The molecule has 66 heavy (non-hydrogen) atoms. The van der Waals surface area contributed by atoms with Crippen LogP contribution in [0.25, 0.3) is 11.1 Å². The van der Waals surface area contributed by atoms with Gasteiger partial charge in [-0.05, 0) is 76.0 Å². The topological polar surface area (TPSA) is 182 Å². The molecule has 1 aliphatic carbocycles. The molecule has 0 spiro atoms. The molecule has 0 aromatic carbocycles. The van der Waals surface area contributed by atoms with E-state index in [1.165, 1.54) is 15.8 Å². The van der Waals surface area contributed by atoms with Crippen LogP contribution in [-0.2, 0) is 75.7 Å². The van der Waals surface area contributed by atoms with E-state index in [9.17, 15) is 24.0 Å². The number of hydrogen-bond acceptors (Lipinski definition) is 10. The SMILES string of the molecule is C.C.CCc1c(-c2cc(Nc3cc4n(n3)CC(=O)N(C)C4)c(=O)n(C)c2)ccnc1N1CCn2c(cc3c2CC(C)(C)C3)C1=O.CN1Cc2cc(Nc3cc(Br)cn(C)c3=O)nn2CC1=O. The molecule has 3 amide bonds. The lowest BCUT2D eigenvalue weighted by Gasteiger charge is -2.31. The van der Waals surface area contributed by atoms with Crippen molar-refractivity contribution in [1.82, 2.24) is 48.0 Å². The zero-order chi connectivity index (χ0) is 45.4. The number of pyridine rings is 3.